The van der Waals surface area contributed by atoms with E-state index in [1.165, 1.54) is 11.3 Å². The summed E-state index contributed by atoms with van der Waals surface area (Å²) >= 11 is 0. The molecule has 0 saturated heterocycles. The van der Waals surface area contributed by atoms with Gasteiger partial charge in [-0.05, 0) is 56.8 Å². The standard InChI is InChI=1S/C17H28N2O/c1-13(2)14-7-8-16-15(11-14)19(10-6-5-9-18)12-17(3,4)20-16/h7-8,11,13H,5-6,9-10,12,18H2,1-4H3. The molecule has 2 N–H and O–H groups in total. The highest BCUT2D eigenvalue weighted by molar-refractivity contribution is 5.62. The maximum absolute atomic E-state index is 6.12. The predicted molar refractivity (Wildman–Crippen MR) is 85.7 cm³/mol. The third-order valence-electron chi connectivity index (χ3n) is 3.83. The zero-order valence-electron chi connectivity index (χ0n) is 13.3. The van der Waals surface area contributed by atoms with E-state index in [1.807, 2.05) is 0 Å². The minimum Gasteiger partial charge on any atom is -0.484 e. The lowest BCUT2D eigenvalue weighted by atomic mass is 9.99. The Morgan fingerprint density at radius 2 is 2.05 bits per heavy atom. The fraction of sp³-hybridized carbons (Fsp3) is 0.647. The average Bonchev–Trinajstić information content (AvgIpc) is 2.37. The van der Waals surface area contributed by atoms with Crippen molar-refractivity contribution in [1.82, 2.24) is 0 Å². The van der Waals surface area contributed by atoms with Gasteiger partial charge in [-0.15, -0.1) is 0 Å². The van der Waals surface area contributed by atoms with Crippen LogP contribution in [0.25, 0.3) is 0 Å². The van der Waals surface area contributed by atoms with E-state index in [-0.39, 0.29) is 5.60 Å². The van der Waals surface area contributed by atoms with Crippen LogP contribution in [0.3, 0.4) is 0 Å². The van der Waals surface area contributed by atoms with Gasteiger partial charge in [0, 0.05) is 6.54 Å². The molecule has 0 amide bonds. The first-order valence-corrected chi connectivity index (χ1v) is 7.71. The molecular formula is C17H28N2O. The highest BCUT2D eigenvalue weighted by atomic mass is 16.5. The molecule has 0 radical (unpaired) electrons. The molecule has 0 fully saturated rings. The molecule has 0 bridgehead atoms. The Balaban J connectivity index is 2.26. The lowest BCUT2D eigenvalue weighted by Crippen LogP contribution is -2.47. The van der Waals surface area contributed by atoms with Gasteiger partial charge in [-0.25, -0.2) is 0 Å². The Kier molecular flexibility index (Phi) is 4.59. The van der Waals surface area contributed by atoms with E-state index in [2.05, 4.69) is 50.8 Å². The van der Waals surface area contributed by atoms with E-state index in [1.54, 1.807) is 0 Å². The van der Waals surface area contributed by atoms with Crippen molar-refractivity contribution < 1.29 is 4.74 Å². The molecule has 3 heteroatoms. The van der Waals surface area contributed by atoms with Gasteiger partial charge < -0.3 is 15.4 Å². The number of nitrogens with zero attached hydrogens (tertiary/aromatic N) is 1. The Labute approximate surface area is 123 Å². The van der Waals surface area contributed by atoms with Crippen molar-refractivity contribution in [3.8, 4) is 5.75 Å². The maximum atomic E-state index is 6.12. The Hall–Kier alpha value is -1.22. The molecule has 0 aliphatic carbocycles. The van der Waals surface area contributed by atoms with Gasteiger partial charge in [-0.3, -0.25) is 0 Å². The van der Waals surface area contributed by atoms with Crippen molar-refractivity contribution in [2.75, 3.05) is 24.5 Å². The summed E-state index contributed by atoms with van der Waals surface area (Å²) < 4.78 is 6.12. The number of hydrogen-bond acceptors (Lipinski definition) is 3. The molecule has 0 saturated carbocycles. The molecule has 20 heavy (non-hydrogen) atoms. The van der Waals surface area contributed by atoms with Gasteiger partial charge >= 0.3 is 0 Å². The Bertz CT molecular complexity index is 454. The largest absolute Gasteiger partial charge is 0.484 e. The molecule has 1 heterocycles. The predicted octanol–water partition coefficient (Wildman–Crippen LogP) is 3.53. The number of fused-ring (bicyclic) bond motifs is 1. The van der Waals surface area contributed by atoms with Crippen molar-refractivity contribution in [2.45, 2.75) is 52.1 Å². The monoisotopic (exact) mass is 276 g/mol. The smallest absolute Gasteiger partial charge is 0.143 e. The van der Waals surface area contributed by atoms with Gasteiger partial charge in [0.2, 0.25) is 0 Å². The summed E-state index contributed by atoms with van der Waals surface area (Å²) in [4.78, 5) is 2.46. The average molecular weight is 276 g/mol. The minimum absolute atomic E-state index is 0.130. The Morgan fingerprint density at radius 1 is 1.30 bits per heavy atom. The van der Waals surface area contributed by atoms with Crippen molar-refractivity contribution in [3.05, 3.63) is 23.8 Å². The van der Waals surface area contributed by atoms with Crippen LogP contribution in [-0.4, -0.2) is 25.2 Å². The topological polar surface area (TPSA) is 38.5 Å². The van der Waals surface area contributed by atoms with Crippen molar-refractivity contribution in [2.24, 2.45) is 5.73 Å². The van der Waals surface area contributed by atoms with Gasteiger partial charge in [-0.2, -0.15) is 0 Å². The van der Waals surface area contributed by atoms with E-state index in [0.717, 1.165) is 38.2 Å². The lowest BCUT2D eigenvalue weighted by Gasteiger charge is -2.41. The lowest BCUT2D eigenvalue weighted by molar-refractivity contribution is 0.105. The quantitative estimate of drug-likeness (QED) is 0.836. The third-order valence-corrected chi connectivity index (χ3v) is 3.83. The molecule has 0 spiro atoms. The van der Waals surface area contributed by atoms with Gasteiger partial charge in [0.15, 0.2) is 0 Å². The first kappa shape index (κ1) is 15.2. The summed E-state index contributed by atoms with van der Waals surface area (Å²) in [5.41, 5.74) is 8.10. The van der Waals surface area contributed by atoms with E-state index in [0.29, 0.717) is 5.92 Å². The number of anilines is 1. The van der Waals surface area contributed by atoms with Crippen LogP contribution < -0.4 is 15.4 Å². The van der Waals surface area contributed by atoms with Gasteiger partial charge in [0.1, 0.15) is 11.4 Å². The SMILES string of the molecule is CC(C)c1ccc2c(c1)N(CCCCN)CC(C)(C)O2. The van der Waals surface area contributed by atoms with Crippen LogP contribution >= 0.6 is 0 Å². The number of nitrogens with two attached hydrogens (primary N) is 1. The number of hydrogen-bond donors (Lipinski definition) is 1. The van der Waals surface area contributed by atoms with Crippen molar-refractivity contribution in [3.63, 3.8) is 0 Å². The first-order chi connectivity index (χ1) is 9.43. The number of unbranched alkanes of at least 4 members (excludes halogenated alkanes) is 1. The van der Waals surface area contributed by atoms with Gasteiger partial charge in [0.25, 0.3) is 0 Å². The van der Waals surface area contributed by atoms with Gasteiger partial charge in [-0.1, -0.05) is 19.9 Å². The summed E-state index contributed by atoms with van der Waals surface area (Å²) in [7, 11) is 0. The maximum Gasteiger partial charge on any atom is 0.143 e. The van der Waals surface area contributed by atoms with Crippen LogP contribution in [0, 0.1) is 0 Å². The summed E-state index contributed by atoms with van der Waals surface area (Å²) in [6.07, 6.45) is 2.22. The second-order valence-electron chi connectivity index (χ2n) is 6.66. The molecule has 1 aliphatic rings. The third kappa shape index (κ3) is 3.45. The van der Waals surface area contributed by atoms with Crippen LogP contribution in [0.2, 0.25) is 0 Å². The molecule has 1 aliphatic heterocycles. The summed E-state index contributed by atoms with van der Waals surface area (Å²) in [6.45, 7) is 11.5. The van der Waals surface area contributed by atoms with Gasteiger partial charge in [0.05, 0.1) is 12.2 Å². The second kappa shape index (κ2) is 6.04. The van der Waals surface area contributed by atoms with Crippen molar-refractivity contribution in [1.29, 1.82) is 0 Å². The van der Waals surface area contributed by atoms with E-state index in [4.69, 9.17) is 10.5 Å². The highest BCUT2D eigenvalue weighted by Crippen LogP contribution is 2.38. The molecule has 0 unspecified atom stereocenters. The van der Waals surface area contributed by atoms with Crippen LogP contribution in [0.4, 0.5) is 5.69 Å². The Morgan fingerprint density at radius 3 is 2.70 bits per heavy atom. The molecule has 0 aromatic heterocycles. The van der Waals surface area contributed by atoms with Crippen LogP contribution in [-0.2, 0) is 0 Å². The number of rotatable bonds is 5. The van der Waals surface area contributed by atoms with Crippen LogP contribution in [0.15, 0.2) is 18.2 Å². The molecule has 112 valence electrons. The first-order valence-electron chi connectivity index (χ1n) is 7.71. The highest BCUT2D eigenvalue weighted by Gasteiger charge is 2.31. The molecule has 1 aromatic carbocycles. The molecule has 2 rings (SSSR count). The molecule has 0 atom stereocenters. The fourth-order valence-corrected chi connectivity index (χ4v) is 2.75. The summed E-state index contributed by atoms with van der Waals surface area (Å²) in [5.74, 6) is 1.56. The van der Waals surface area contributed by atoms with E-state index < -0.39 is 0 Å². The fourth-order valence-electron chi connectivity index (χ4n) is 2.75. The van der Waals surface area contributed by atoms with E-state index >= 15 is 0 Å². The molecule has 1 aromatic rings. The normalized spacial score (nSPS) is 17.0. The zero-order chi connectivity index (χ0) is 14.8. The van der Waals surface area contributed by atoms with Crippen LogP contribution in [0.1, 0.15) is 52.0 Å². The molecular weight excluding hydrogens is 248 g/mol. The van der Waals surface area contributed by atoms with Crippen LogP contribution in [0.5, 0.6) is 5.75 Å². The zero-order valence-corrected chi connectivity index (χ0v) is 13.3. The second-order valence-corrected chi connectivity index (χ2v) is 6.66. The van der Waals surface area contributed by atoms with Crippen molar-refractivity contribution >= 4 is 5.69 Å². The number of benzene rings is 1. The summed E-state index contributed by atoms with van der Waals surface area (Å²) in [6, 6.07) is 6.60. The van der Waals surface area contributed by atoms with E-state index in [9.17, 15) is 0 Å². The summed E-state index contributed by atoms with van der Waals surface area (Å²) in [5, 5.41) is 0. The number of ether oxygens (including phenoxy) is 1. The molecule has 3 nitrogen and oxygen atoms in total. The minimum atomic E-state index is -0.130.